The van der Waals surface area contributed by atoms with Gasteiger partial charge in [0.25, 0.3) is 0 Å². The molecule has 4 heterocycles. The van der Waals surface area contributed by atoms with Crippen LogP contribution in [-0.4, -0.2) is 80.5 Å². The Labute approximate surface area is 196 Å². The molecule has 1 aromatic carbocycles. The summed E-state index contributed by atoms with van der Waals surface area (Å²) in [5, 5.41) is 8.93. The Balaban J connectivity index is 1.10. The number of ether oxygens (including phenoxy) is 1. The standard InChI is InChI=1S/C25H34N6O2/c1-33-22-6-4-5-21(19-22)28-15-17-31(18-16-28)25(32)20-9-13-30(14-10-20)24-8-7-23(26-27-24)29-11-2-3-12-29/h4-8,19-20H,2-3,9-18H2,1H3. The molecule has 0 bridgehead atoms. The summed E-state index contributed by atoms with van der Waals surface area (Å²) in [5.74, 6) is 3.20. The van der Waals surface area contributed by atoms with Crippen molar-refractivity contribution in [3.05, 3.63) is 36.4 Å². The number of piperidine rings is 1. The molecule has 0 saturated carbocycles. The van der Waals surface area contributed by atoms with Crippen LogP contribution in [0.4, 0.5) is 17.3 Å². The minimum absolute atomic E-state index is 0.112. The number of aromatic nitrogens is 2. The van der Waals surface area contributed by atoms with Gasteiger partial charge in [0.05, 0.1) is 7.11 Å². The number of nitrogens with zero attached hydrogens (tertiary/aromatic N) is 6. The van der Waals surface area contributed by atoms with E-state index in [2.05, 4.69) is 54.1 Å². The summed E-state index contributed by atoms with van der Waals surface area (Å²) in [6.45, 7) is 7.15. The molecule has 0 unspecified atom stereocenters. The Morgan fingerprint density at radius 2 is 1.45 bits per heavy atom. The highest BCUT2D eigenvalue weighted by molar-refractivity contribution is 5.79. The highest BCUT2D eigenvalue weighted by atomic mass is 16.5. The van der Waals surface area contributed by atoms with Crippen molar-refractivity contribution >= 4 is 23.2 Å². The van der Waals surface area contributed by atoms with Crippen molar-refractivity contribution in [2.45, 2.75) is 25.7 Å². The Kier molecular flexibility index (Phi) is 6.51. The van der Waals surface area contributed by atoms with Gasteiger partial charge in [-0.1, -0.05) is 6.07 Å². The van der Waals surface area contributed by atoms with Crippen LogP contribution in [0.15, 0.2) is 36.4 Å². The van der Waals surface area contributed by atoms with Gasteiger partial charge in [0.15, 0.2) is 11.6 Å². The highest BCUT2D eigenvalue weighted by Crippen LogP contribution is 2.26. The van der Waals surface area contributed by atoms with Gasteiger partial charge in [-0.25, -0.2) is 0 Å². The molecule has 3 fully saturated rings. The normalized spacial score (nSPS) is 19.8. The lowest BCUT2D eigenvalue weighted by atomic mass is 9.95. The second kappa shape index (κ2) is 9.85. The van der Waals surface area contributed by atoms with Crippen molar-refractivity contribution < 1.29 is 9.53 Å². The molecule has 3 aliphatic heterocycles. The maximum absolute atomic E-state index is 13.2. The van der Waals surface area contributed by atoms with Crippen molar-refractivity contribution in [1.82, 2.24) is 15.1 Å². The first-order chi connectivity index (χ1) is 16.2. The summed E-state index contributed by atoms with van der Waals surface area (Å²) in [6, 6.07) is 12.3. The third-order valence-electron chi connectivity index (χ3n) is 7.24. The average molecular weight is 451 g/mol. The van der Waals surface area contributed by atoms with Crippen molar-refractivity contribution in [2.75, 3.05) is 74.2 Å². The molecule has 33 heavy (non-hydrogen) atoms. The quantitative estimate of drug-likeness (QED) is 0.694. The van der Waals surface area contributed by atoms with Crippen LogP contribution < -0.4 is 19.4 Å². The first kappa shape index (κ1) is 21.8. The van der Waals surface area contributed by atoms with Gasteiger partial charge >= 0.3 is 0 Å². The predicted molar refractivity (Wildman–Crippen MR) is 130 cm³/mol. The van der Waals surface area contributed by atoms with E-state index in [9.17, 15) is 4.79 Å². The summed E-state index contributed by atoms with van der Waals surface area (Å²) in [5.41, 5.74) is 1.16. The van der Waals surface area contributed by atoms with Crippen LogP contribution in [0.2, 0.25) is 0 Å². The van der Waals surface area contributed by atoms with Gasteiger partial charge in [0.1, 0.15) is 5.75 Å². The summed E-state index contributed by atoms with van der Waals surface area (Å²) >= 11 is 0. The van der Waals surface area contributed by atoms with Gasteiger partial charge in [-0.3, -0.25) is 4.79 Å². The third kappa shape index (κ3) is 4.84. The number of carbonyl (C=O) groups is 1. The minimum atomic E-state index is 0.112. The lowest BCUT2D eigenvalue weighted by molar-refractivity contribution is -0.136. The first-order valence-electron chi connectivity index (χ1n) is 12.2. The van der Waals surface area contributed by atoms with Crippen LogP contribution in [-0.2, 0) is 4.79 Å². The van der Waals surface area contributed by atoms with Gasteiger partial charge in [0.2, 0.25) is 5.91 Å². The van der Waals surface area contributed by atoms with Gasteiger partial charge in [-0.05, 0) is 49.9 Å². The summed E-state index contributed by atoms with van der Waals surface area (Å²) in [7, 11) is 1.69. The van der Waals surface area contributed by atoms with E-state index in [1.807, 2.05) is 12.1 Å². The molecule has 0 aliphatic carbocycles. The fraction of sp³-hybridized carbons (Fsp3) is 0.560. The molecular weight excluding hydrogens is 416 g/mol. The van der Waals surface area contributed by atoms with Crippen LogP contribution in [0.1, 0.15) is 25.7 Å². The number of anilines is 3. The Bertz CT molecular complexity index is 930. The van der Waals surface area contributed by atoms with E-state index in [1.54, 1.807) is 7.11 Å². The first-order valence-corrected chi connectivity index (χ1v) is 12.2. The Morgan fingerprint density at radius 1 is 0.818 bits per heavy atom. The van der Waals surface area contributed by atoms with Crippen LogP contribution in [0.25, 0.3) is 0 Å². The fourth-order valence-electron chi connectivity index (χ4n) is 5.21. The Morgan fingerprint density at radius 3 is 2.06 bits per heavy atom. The van der Waals surface area contributed by atoms with E-state index in [0.717, 1.165) is 88.3 Å². The summed E-state index contributed by atoms with van der Waals surface area (Å²) in [4.78, 5) is 22.1. The fourth-order valence-corrected chi connectivity index (χ4v) is 5.21. The Hall–Kier alpha value is -3.03. The van der Waals surface area contributed by atoms with Crippen molar-refractivity contribution in [3.63, 3.8) is 0 Å². The molecule has 8 heteroatoms. The topological polar surface area (TPSA) is 65.0 Å². The lowest BCUT2D eigenvalue weighted by Crippen LogP contribution is -2.51. The van der Waals surface area contributed by atoms with E-state index in [1.165, 1.54) is 12.8 Å². The molecular formula is C25H34N6O2. The largest absolute Gasteiger partial charge is 0.497 e. The smallest absolute Gasteiger partial charge is 0.225 e. The maximum atomic E-state index is 13.2. The highest BCUT2D eigenvalue weighted by Gasteiger charge is 2.31. The number of methoxy groups -OCH3 is 1. The molecule has 2 aromatic rings. The maximum Gasteiger partial charge on any atom is 0.225 e. The summed E-state index contributed by atoms with van der Waals surface area (Å²) < 4.78 is 5.35. The number of carbonyl (C=O) groups excluding carboxylic acids is 1. The second-order valence-corrected chi connectivity index (χ2v) is 9.22. The molecule has 8 nitrogen and oxygen atoms in total. The molecule has 176 valence electrons. The zero-order chi connectivity index (χ0) is 22.6. The van der Waals surface area contributed by atoms with Gasteiger partial charge in [0, 0.05) is 70.0 Å². The summed E-state index contributed by atoms with van der Waals surface area (Å²) in [6.07, 6.45) is 4.23. The second-order valence-electron chi connectivity index (χ2n) is 9.22. The van der Waals surface area contributed by atoms with Crippen LogP contribution in [0.3, 0.4) is 0 Å². The molecule has 3 saturated heterocycles. The van der Waals surface area contributed by atoms with Crippen molar-refractivity contribution in [2.24, 2.45) is 5.92 Å². The van der Waals surface area contributed by atoms with Crippen LogP contribution in [0.5, 0.6) is 5.75 Å². The molecule has 1 aromatic heterocycles. The molecule has 0 atom stereocenters. The molecule has 0 N–H and O–H groups in total. The number of amides is 1. The average Bonchev–Trinajstić information content (AvgIpc) is 3.44. The van der Waals surface area contributed by atoms with E-state index in [4.69, 9.17) is 4.74 Å². The van der Waals surface area contributed by atoms with Gasteiger partial charge in [-0.2, -0.15) is 0 Å². The SMILES string of the molecule is COc1cccc(N2CCN(C(=O)C3CCN(c4ccc(N5CCCC5)nn4)CC3)CC2)c1. The number of rotatable bonds is 5. The number of hydrogen-bond acceptors (Lipinski definition) is 7. The number of benzene rings is 1. The molecule has 1 amide bonds. The molecule has 0 spiro atoms. The molecule has 3 aliphatic rings. The zero-order valence-corrected chi connectivity index (χ0v) is 19.5. The zero-order valence-electron chi connectivity index (χ0n) is 19.5. The lowest BCUT2D eigenvalue weighted by Gasteiger charge is -2.39. The molecule has 0 radical (unpaired) electrons. The number of piperazine rings is 1. The van der Waals surface area contributed by atoms with Crippen molar-refractivity contribution in [1.29, 1.82) is 0 Å². The molecule has 5 rings (SSSR count). The predicted octanol–water partition coefficient (Wildman–Crippen LogP) is 2.65. The van der Waals surface area contributed by atoms with Crippen LogP contribution in [0, 0.1) is 5.92 Å². The van der Waals surface area contributed by atoms with Gasteiger partial charge < -0.3 is 24.3 Å². The van der Waals surface area contributed by atoms with E-state index in [-0.39, 0.29) is 5.92 Å². The van der Waals surface area contributed by atoms with E-state index < -0.39 is 0 Å². The third-order valence-corrected chi connectivity index (χ3v) is 7.24. The van der Waals surface area contributed by atoms with Crippen LogP contribution >= 0.6 is 0 Å². The van der Waals surface area contributed by atoms with Crippen molar-refractivity contribution in [3.8, 4) is 5.75 Å². The van der Waals surface area contributed by atoms with E-state index >= 15 is 0 Å². The minimum Gasteiger partial charge on any atom is -0.497 e. The monoisotopic (exact) mass is 450 g/mol. The van der Waals surface area contributed by atoms with Gasteiger partial charge in [-0.15, -0.1) is 10.2 Å². The van der Waals surface area contributed by atoms with E-state index in [0.29, 0.717) is 5.91 Å². The number of hydrogen-bond donors (Lipinski definition) is 0.